The fraction of sp³-hybridized carbons (Fsp3) is 0.333. The van der Waals surface area contributed by atoms with Crippen LogP contribution >= 0.6 is 46.0 Å². The number of rotatable bonds is 7. The predicted octanol–water partition coefficient (Wildman–Crippen LogP) is 1.37. The number of thiazole rings is 2. The van der Waals surface area contributed by atoms with E-state index in [-0.39, 0.29) is 39.9 Å². The van der Waals surface area contributed by atoms with Gasteiger partial charge in [0.2, 0.25) is 5.91 Å². The van der Waals surface area contributed by atoms with Gasteiger partial charge in [-0.2, -0.15) is 0 Å². The number of nitrogens with two attached hydrogens (primary N) is 1. The summed E-state index contributed by atoms with van der Waals surface area (Å²) in [6.45, 7) is -0.0280. The maximum atomic E-state index is 12.8. The number of fused-ring (bicyclic) bond motifs is 1. The van der Waals surface area contributed by atoms with Gasteiger partial charge in [-0.1, -0.05) is 22.8 Å². The molecule has 4 rings (SSSR count). The highest BCUT2D eigenvalue weighted by atomic mass is 35.5. The molecule has 2 aliphatic rings. The molecular formula is C18H17ClN6O5S3. The Labute approximate surface area is 204 Å². The van der Waals surface area contributed by atoms with Gasteiger partial charge >= 0.3 is 5.97 Å². The summed E-state index contributed by atoms with van der Waals surface area (Å²) < 4.78 is 0. The second kappa shape index (κ2) is 9.29. The lowest BCUT2D eigenvalue weighted by atomic mass is 9.86. The fourth-order valence-corrected chi connectivity index (χ4v) is 6.32. The molecule has 0 bridgehead atoms. The van der Waals surface area contributed by atoms with Gasteiger partial charge in [0.1, 0.15) is 34.8 Å². The van der Waals surface area contributed by atoms with Crippen LogP contribution in [0.25, 0.3) is 6.08 Å². The molecule has 4 heterocycles. The van der Waals surface area contributed by atoms with E-state index in [0.717, 1.165) is 11.3 Å². The molecule has 2 aromatic rings. The third-order valence-electron chi connectivity index (χ3n) is 5.08. The maximum absolute atomic E-state index is 12.8. The molecule has 4 N–H and O–H groups in total. The average molecular weight is 529 g/mol. The molecule has 2 amide bonds. The van der Waals surface area contributed by atoms with Crippen molar-refractivity contribution in [2.24, 2.45) is 10.6 Å². The molecule has 2 saturated heterocycles. The number of nitrogen functional groups attached to an aromatic ring is 1. The van der Waals surface area contributed by atoms with E-state index in [1.54, 1.807) is 23.0 Å². The minimum atomic E-state index is -1.29. The van der Waals surface area contributed by atoms with Crippen LogP contribution in [0.4, 0.5) is 5.13 Å². The standard InChI is InChI=1S/C18H17ClN6O5S3/c1-30-24-10(8-4-31-17(20)22-8)13(26)23-11-14(27)25-5-18(16(28)29,6-32-15(11)25)3-2-9-12(19)21-7-33-9/h2-4,7,11,15H,5-6H2,1H3,(H2,20,22)(H,23,26)(H,28,29)/t11?,15-,18?/m1/s1. The number of oxime groups is 1. The Hall–Kier alpha value is -2.68. The number of carboxylic acids is 1. The summed E-state index contributed by atoms with van der Waals surface area (Å²) in [5.74, 6) is -1.88. The zero-order valence-corrected chi connectivity index (χ0v) is 20.1. The molecular weight excluding hydrogens is 512 g/mol. The number of nitrogens with zero attached hydrogens (tertiary/aromatic N) is 4. The summed E-state index contributed by atoms with van der Waals surface area (Å²) >= 11 is 9.69. The molecule has 0 aliphatic carbocycles. The number of amides is 2. The molecule has 2 fully saturated rings. The van der Waals surface area contributed by atoms with Crippen molar-refractivity contribution >= 4 is 80.7 Å². The lowest BCUT2D eigenvalue weighted by molar-refractivity contribution is -0.155. The summed E-state index contributed by atoms with van der Waals surface area (Å²) in [6.07, 6.45) is 3.17. The molecule has 3 atom stereocenters. The molecule has 2 aliphatic heterocycles. The van der Waals surface area contributed by atoms with Gasteiger partial charge in [-0.25, -0.2) is 9.97 Å². The molecule has 33 heavy (non-hydrogen) atoms. The first-order chi connectivity index (χ1) is 15.8. The highest BCUT2D eigenvalue weighted by Crippen LogP contribution is 2.43. The number of nitrogens with one attached hydrogen (secondary N) is 1. The van der Waals surface area contributed by atoms with Crippen LogP contribution in [-0.2, 0) is 19.2 Å². The Bertz CT molecular complexity index is 1170. The van der Waals surface area contributed by atoms with Crippen molar-refractivity contribution in [1.29, 1.82) is 0 Å². The number of aliphatic carboxylic acids is 1. The van der Waals surface area contributed by atoms with E-state index < -0.39 is 28.7 Å². The summed E-state index contributed by atoms with van der Waals surface area (Å²) in [6, 6.07) is -0.827. The Kier molecular flexibility index (Phi) is 6.61. The number of thioether (sulfide) groups is 1. The summed E-state index contributed by atoms with van der Waals surface area (Å²) in [4.78, 5) is 52.5. The first-order valence-electron chi connectivity index (χ1n) is 9.33. The lowest BCUT2D eigenvalue weighted by Gasteiger charge is -2.53. The van der Waals surface area contributed by atoms with E-state index in [0.29, 0.717) is 4.88 Å². The van der Waals surface area contributed by atoms with Gasteiger partial charge in [-0.3, -0.25) is 14.4 Å². The molecule has 0 radical (unpaired) electrons. The zero-order chi connectivity index (χ0) is 23.8. The first kappa shape index (κ1) is 23.5. The largest absolute Gasteiger partial charge is 0.481 e. The minimum absolute atomic E-state index is 0.0280. The van der Waals surface area contributed by atoms with Crippen LogP contribution in [0.3, 0.4) is 0 Å². The smallest absolute Gasteiger partial charge is 0.316 e. The van der Waals surface area contributed by atoms with Gasteiger partial charge in [0.25, 0.3) is 5.91 Å². The van der Waals surface area contributed by atoms with Gasteiger partial charge in [0, 0.05) is 17.7 Å². The number of halogens is 1. The van der Waals surface area contributed by atoms with Crippen LogP contribution in [0, 0.1) is 5.41 Å². The third kappa shape index (κ3) is 4.43. The van der Waals surface area contributed by atoms with Crippen LogP contribution in [0.5, 0.6) is 0 Å². The summed E-state index contributed by atoms with van der Waals surface area (Å²) in [7, 11) is 1.29. The number of β-lactam (4-membered cyclic amide) rings is 1. The van der Waals surface area contributed by atoms with Crippen molar-refractivity contribution in [2.45, 2.75) is 11.4 Å². The van der Waals surface area contributed by atoms with Crippen LogP contribution in [0.2, 0.25) is 5.15 Å². The van der Waals surface area contributed by atoms with Crippen molar-refractivity contribution in [3.63, 3.8) is 0 Å². The van der Waals surface area contributed by atoms with Crippen LogP contribution in [-0.4, -0.2) is 74.3 Å². The number of carboxylic acid groups (broad SMARTS) is 1. The van der Waals surface area contributed by atoms with E-state index in [2.05, 4.69) is 20.4 Å². The molecule has 174 valence electrons. The normalized spacial score (nSPS) is 25.0. The van der Waals surface area contributed by atoms with E-state index >= 15 is 0 Å². The second-order valence-electron chi connectivity index (χ2n) is 7.11. The molecule has 0 spiro atoms. The minimum Gasteiger partial charge on any atom is -0.481 e. The van der Waals surface area contributed by atoms with Gasteiger partial charge in [-0.15, -0.1) is 34.4 Å². The fourth-order valence-electron chi connectivity index (χ4n) is 3.38. The molecule has 15 heteroatoms. The van der Waals surface area contributed by atoms with E-state index in [1.807, 2.05) is 0 Å². The summed E-state index contributed by atoms with van der Waals surface area (Å²) in [5.41, 5.74) is 6.02. The quantitative estimate of drug-likeness (QED) is 0.274. The van der Waals surface area contributed by atoms with Gasteiger partial charge in [0.15, 0.2) is 10.8 Å². The monoisotopic (exact) mass is 528 g/mol. The van der Waals surface area contributed by atoms with Crippen LogP contribution in [0.15, 0.2) is 22.1 Å². The average Bonchev–Trinajstić information content (AvgIpc) is 3.41. The number of hydrogen-bond acceptors (Lipinski definition) is 11. The number of aromatic nitrogens is 2. The zero-order valence-electron chi connectivity index (χ0n) is 16.9. The van der Waals surface area contributed by atoms with Crippen LogP contribution < -0.4 is 11.1 Å². The maximum Gasteiger partial charge on any atom is 0.316 e. The number of carbonyl (C=O) groups excluding carboxylic acids is 2. The lowest BCUT2D eigenvalue weighted by Crippen LogP contribution is -2.73. The highest BCUT2D eigenvalue weighted by Gasteiger charge is 2.57. The van der Waals surface area contributed by atoms with Gasteiger partial charge in [0.05, 0.1) is 10.4 Å². The van der Waals surface area contributed by atoms with Crippen molar-refractivity contribution in [3.8, 4) is 0 Å². The Balaban J connectivity index is 1.47. The van der Waals surface area contributed by atoms with Gasteiger partial charge < -0.3 is 25.9 Å². The van der Waals surface area contributed by atoms with Crippen molar-refractivity contribution in [2.75, 3.05) is 25.1 Å². The topological polar surface area (TPSA) is 160 Å². The first-order valence-corrected chi connectivity index (χ1v) is 12.5. The Morgan fingerprint density at radius 3 is 2.88 bits per heavy atom. The summed E-state index contributed by atoms with van der Waals surface area (Å²) in [5, 5.41) is 18.0. The molecule has 0 saturated carbocycles. The van der Waals surface area contributed by atoms with Crippen molar-refractivity contribution in [3.05, 3.63) is 32.7 Å². The molecule has 0 aromatic carbocycles. The molecule has 2 unspecified atom stereocenters. The number of carbonyl (C=O) groups is 3. The highest BCUT2D eigenvalue weighted by molar-refractivity contribution is 8.00. The van der Waals surface area contributed by atoms with E-state index in [1.165, 1.54) is 35.1 Å². The van der Waals surface area contributed by atoms with E-state index in [4.69, 9.17) is 22.2 Å². The third-order valence-corrected chi connectivity index (χ3v) is 8.51. The molecule has 2 aromatic heterocycles. The van der Waals surface area contributed by atoms with Gasteiger partial charge in [-0.05, 0) is 6.08 Å². The number of hydrogen-bond donors (Lipinski definition) is 3. The van der Waals surface area contributed by atoms with Crippen molar-refractivity contribution in [1.82, 2.24) is 20.2 Å². The SMILES string of the molecule is CON=C(C(=O)NC1C(=O)N2CC(C=Cc3scnc3Cl)(C(=O)O)CS[C@H]12)c1csc(N)n1. The Morgan fingerprint density at radius 2 is 2.27 bits per heavy atom. The number of anilines is 1. The predicted molar refractivity (Wildman–Crippen MR) is 126 cm³/mol. The Morgan fingerprint density at radius 1 is 1.48 bits per heavy atom. The van der Waals surface area contributed by atoms with Crippen LogP contribution in [0.1, 0.15) is 10.6 Å². The van der Waals surface area contributed by atoms with Crippen molar-refractivity contribution < 1.29 is 24.3 Å². The van der Waals surface area contributed by atoms with E-state index in [9.17, 15) is 19.5 Å². The second-order valence-corrected chi connectivity index (χ2v) is 10.4. The molecule has 11 nitrogen and oxygen atoms in total.